The van der Waals surface area contributed by atoms with E-state index in [1.54, 1.807) is 18.3 Å². The molecule has 1 saturated heterocycles. The number of aromatic nitrogens is 2. The zero-order valence-corrected chi connectivity index (χ0v) is 15.9. The number of anilines is 1. The lowest BCUT2D eigenvalue weighted by atomic mass is 10.0. The molecular weight excluding hydrogens is 377 g/mol. The van der Waals surface area contributed by atoms with Crippen molar-refractivity contribution >= 4 is 22.7 Å². The number of halogens is 1. The van der Waals surface area contributed by atoms with Gasteiger partial charge in [-0.05, 0) is 35.7 Å². The van der Waals surface area contributed by atoms with Gasteiger partial charge in [0.15, 0.2) is 11.4 Å². The van der Waals surface area contributed by atoms with Gasteiger partial charge >= 0.3 is 5.97 Å². The fourth-order valence-electron chi connectivity index (χ4n) is 3.39. The van der Waals surface area contributed by atoms with E-state index < -0.39 is 5.97 Å². The lowest BCUT2D eigenvalue weighted by Crippen LogP contribution is -2.37. The van der Waals surface area contributed by atoms with Crippen LogP contribution < -0.4 is 4.90 Å². The first kappa shape index (κ1) is 19.1. The smallest absolute Gasteiger partial charge is 0.360 e. The van der Waals surface area contributed by atoms with Crippen LogP contribution in [0.2, 0.25) is 0 Å². The van der Waals surface area contributed by atoms with Crippen molar-refractivity contribution in [2.45, 2.75) is 6.42 Å². The lowest BCUT2D eigenvalue weighted by Gasteiger charge is -2.29. The molecule has 3 heterocycles. The molecule has 0 amide bonds. The Labute approximate surface area is 166 Å². The topological polar surface area (TPSA) is 84.8 Å². The van der Waals surface area contributed by atoms with E-state index in [4.69, 9.17) is 9.47 Å². The SMILES string of the molecule is COC(=O)c1nc(N2CCOCC2)c2cc(Cc3ccc(F)cc3)cnc2c1O. The highest BCUT2D eigenvalue weighted by Crippen LogP contribution is 2.34. The second-order valence-corrected chi connectivity index (χ2v) is 6.77. The third kappa shape index (κ3) is 3.84. The summed E-state index contributed by atoms with van der Waals surface area (Å²) in [6, 6.07) is 8.17. The molecule has 1 aliphatic rings. The molecule has 3 aromatic rings. The summed E-state index contributed by atoms with van der Waals surface area (Å²) in [5.41, 5.74) is 1.93. The van der Waals surface area contributed by atoms with Crippen molar-refractivity contribution in [2.75, 3.05) is 38.3 Å². The van der Waals surface area contributed by atoms with Gasteiger partial charge in [0.1, 0.15) is 17.2 Å². The number of morpholine rings is 1. The number of pyridine rings is 2. The third-order valence-corrected chi connectivity index (χ3v) is 4.86. The van der Waals surface area contributed by atoms with Gasteiger partial charge in [0, 0.05) is 24.7 Å². The van der Waals surface area contributed by atoms with Crippen LogP contribution in [0.5, 0.6) is 5.75 Å². The van der Waals surface area contributed by atoms with Crippen molar-refractivity contribution in [3.8, 4) is 5.75 Å². The highest BCUT2D eigenvalue weighted by atomic mass is 19.1. The molecule has 8 heteroatoms. The fourth-order valence-corrected chi connectivity index (χ4v) is 3.39. The summed E-state index contributed by atoms with van der Waals surface area (Å²) >= 11 is 0. The van der Waals surface area contributed by atoms with Crippen molar-refractivity contribution in [3.05, 3.63) is 59.2 Å². The maximum Gasteiger partial charge on any atom is 0.360 e. The Kier molecular flexibility index (Phi) is 5.26. The highest BCUT2D eigenvalue weighted by Gasteiger charge is 2.24. The molecule has 150 valence electrons. The Balaban J connectivity index is 1.82. The van der Waals surface area contributed by atoms with Crippen LogP contribution in [-0.4, -0.2) is 54.5 Å². The van der Waals surface area contributed by atoms with Gasteiger partial charge in [-0.2, -0.15) is 0 Å². The second kappa shape index (κ2) is 8.00. The van der Waals surface area contributed by atoms with Gasteiger partial charge in [0.2, 0.25) is 0 Å². The number of aromatic hydroxyl groups is 1. The van der Waals surface area contributed by atoms with E-state index >= 15 is 0 Å². The van der Waals surface area contributed by atoms with E-state index in [0.29, 0.717) is 43.9 Å². The molecule has 29 heavy (non-hydrogen) atoms. The normalized spacial score (nSPS) is 14.2. The van der Waals surface area contributed by atoms with E-state index in [1.807, 2.05) is 11.0 Å². The minimum Gasteiger partial charge on any atom is -0.504 e. The molecular formula is C21H20FN3O4. The number of fused-ring (bicyclic) bond motifs is 1. The molecule has 1 aliphatic heterocycles. The van der Waals surface area contributed by atoms with E-state index in [-0.39, 0.29) is 22.8 Å². The summed E-state index contributed by atoms with van der Waals surface area (Å²) in [5.74, 6) is -0.771. The van der Waals surface area contributed by atoms with Crippen molar-refractivity contribution in [3.63, 3.8) is 0 Å². The predicted molar refractivity (Wildman–Crippen MR) is 105 cm³/mol. The molecule has 0 saturated carbocycles. The summed E-state index contributed by atoms with van der Waals surface area (Å²) in [4.78, 5) is 22.9. The highest BCUT2D eigenvalue weighted by molar-refractivity contribution is 6.02. The minimum absolute atomic E-state index is 0.166. The van der Waals surface area contributed by atoms with Crippen molar-refractivity contribution in [1.82, 2.24) is 9.97 Å². The Bertz CT molecular complexity index is 1050. The zero-order valence-electron chi connectivity index (χ0n) is 15.9. The number of hydrogen-bond acceptors (Lipinski definition) is 7. The molecule has 0 aliphatic carbocycles. The van der Waals surface area contributed by atoms with E-state index in [9.17, 15) is 14.3 Å². The summed E-state index contributed by atoms with van der Waals surface area (Å²) < 4.78 is 23.3. The third-order valence-electron chi connectivity index (χ3n) is 4.86. The number of methoxy groups -OCH3 is 1. The number of ether oxygens (including phenoxy) is 2. The van der Waals surface area contributed by atoms with E-state index in [0.717, 1.165) is 11.1 Å². The van der Waals surface area contributed by atoms with Gasteiger partial charge in [0.05, 0.1) is 20.3 Å². The molecule has 1 N–H and O–H groups in total. The van der Waals surface area contributed by atoms with E-state index in [1.165, 1.54) is 19.2 Å². The number of nitrogens with zero attached hydrogens (tertiary/aromatic N) is 3. The summed E-state index contributed by atoms with van der Waals surface area (Å²) in [5, 5.41) is 11.2. The zero-order chi connectivity index (χ0) is 20.4. The van der Waals surface area contributed by atoms with Crippen LogP contribution in [0.4, 0.5) is 10.2 Å². The summed E-state index contributed by atoms with van der Waals surface area (Å²) in [7, 11) is 1.24. The molecule has 4 rings (SSSR count). The van der Waals surface area contributed by atoms with Gasteiger partial charge < -0.3 is 19.5 Å². The summed E-state index contributed by atoms with van der Waals surface area (Å²) in [6.45, 7) is 2.30. The molecule has 0 bridgehead atoms. The summed E-state index contributed by atoms with van der Waals surface area (Å²) in [6.07, 6.45) is 2.18. The van der Waals surface area contributed by atoms with Gasteiger partial charge in [0.25, 0.3) is 0 Å². The Morgan fingerprint density at radius 3 is 2.66 bits per heavy atom. The molecule has 0 radical (unpaired) electrons. The number of hydrogen-bond donors (Lipinski definition) is 1. The van der Waals surface area contributed by atoms with Crippen molar-refractivity contribution in [2.24, 2.45) is 0 Å². The maximum atomic E-state index is 13.2. The number of esters is 1. The molecule has 0 spiro atoms. The average Bonchev–Trinajstić information content (AvgIpc) is 2.76. The monoisotopic (exact) mass is 397 g/mol. The van der Waals surface area contributed by atoms with Gasteiger partial charge in [-0.15, -0.1) is 0 Å². The maximum absolute atomic E-state index is 13.2. The van der Waals surface area contributed by atoms with Crippen molar-refractivity contribution in [1.29, 1.82) is 0 Å². The van der Waals surface area contributed by atoms with Gasteiger partial charge in [-0.25, -0.2) is 14.2 Å². The number of carbonyl (C=O) groups is 1. The first-order valence-electron chi connectivity index (χ1n) is 9.24. The van der Waals surface area contributed by atoms with Crippen LogP contribution in [0, 0.1) is 5.82 Å². The first-order chi connectivity index (χ1) is 14.1. The van der Waals surface area contributed by atoms with E-state index in [2.05, 4.69) is 9.97 Å². The van der Waals surface area contributed by atoms with Gasteiger partial charge in [-0.1, -0.05) is 12.1 Å². The minimum atomic E-state index is -0.726. The second-order valence-electron chi connectivity index (χ2n) is 6.77. The Morgan fingerprint density at radius 1 is 1.24 bits per heavy atom. The first-order valence-corrected chi connectivity index (χ1v) is 9.24. The molecule has 7 nitrogen and oxygen atoms in total. The fraction of sp³-hybridized carbons (Fsp3) is 0.286. The van der Waals surface area contributed by atoms with Gasteiger partial charge in [-0.3, -0.25) is 4.98 Å². The molecule has 2 aromatic heterocycles. The quantitative estimate of drug-likeness (QED) is 0.678. The number of carbonyl (C=O) groups excluding carboxylic acids is 1. The van der Waals surface area contributed by atoms with Crippen LogP contribution in [0.1, 0.15) is 21.6 Å². The molecule has 1 fully saturated rings. The molecule has 1 aromatic carbocycles. The van der Waals surface area contributed by atoms with Crippen LogP contribution in [0.3, 0.4) is 0 Å². The Hall–Kier alpha value is -3.26. The van der Waals surface area contributed by atoms with Crippen LogP contribution in [0.15, 0.2) is 36.5 Å². The van der Waals surface area contributed by atoms with Crippen molar-refractivity contribution < 1.29 is 23.8 Å². The van der Waals surface area contributed by atoms with Crippen LogP contribution in [-0.2, 0) is 15.9 Å². The molecule has 0 atom stereocenters. The van der Waals surface area contributed by atoms with Crippen LogP contribution in [0.25, 0.3) is 10.9 Å². The standard InChI is InChI=1S/C21H20FN3O4/c1-28-21(27)18-19(26)17-16(20(24-18)25-6-8-29-9-7-25)11-14(12-23-17)10-13-2-4-15(22)5-3-13/h2-5,11-12,26H,6-10H2,1H3. The largest absolute Gasteiger partial charge is 0.504 e. The number of benzene rings is 1. The number of rotatable bonds is 4. The van der Waals surface area contributed by atoms with Crippen LogP contribution >= 0.6 is 0 Å². The average molecular weight is 397 g/mol. The lowest BCUT2D eigenvalue weighted by molar-refractivity contribution is 0.0590. The Morgan fingerprint density at radius 2 is 1.97 bits per heavy atom. The molecule has 0 unspecified atom stereocenters. The predicted octanol–water partition coefficient (Wildman–Crippen LogP) is 2.69.